The maximum Gasteiger partial charge on any atom is 0.311 e. The molecule has 0 fully saturated rings. The number of nitrogens with one attached hydrogen (secondary N) is 1. The molecule has 0 bridgehead atoms. The van der Waals surface area contributed by atoms with Crippen LogP contribution < -0.4 is 10.1 Å². The molecule has 0 aliphatic rings. The fourth-order valence-corrected chi connectivity index (χ4v) is 1.76. The number of carbonyl (C=O) groups excluding carboxylic acids is 1. The molecule has 0 radical (unpaired) electrons. The minimum atomic E-state index is -0.733. The second kappa shape index (κ2) is 7.00. The number of anilines is 1. The first-order chi connectivity index (χ1) is 11.0. The zero-order chi connectivity index (χ0) is 16.8. The molecular formula is C15H10FN3O4. The molecule has 0 heterocycles. The van der Waals surface area contributed by atoms with E-state index >= 15 is 0 Å². The van der Waals surface area contributed by atoms with Gasteiger partial charge < -0.3 is 10.1 Å². The first-order valence-corrected chi connectivity index (χ1v) is 6.36. The van der Waals surface area contributed by atoms with Gasteiger partial charge in [-0.1, -0.05) is 6.07 Å². The molecule has 23 heavy (non-hydrogen) atoms. The molecule has 0 saturated carbocycles. The average Bonchev–Trinajstić information content (AvgIpc) is 2.53. The Morgan fingerprint density at radius 3 is 2.83 bits per heavy atom. The predicted octanol–water partition coefficient (Wildman–Crippen LogP) is 2.62. The SMILES string of the molecule is N#Cc1cccc(NC(=O)COc2cc(F)ccc2[N+](=O)[O-])c1. The molecule has 0 spiro atoms. The van der Waals surface area contributed by atoms with Crippen molar-refractivity contribution in [3.8, 4) is 11.8 Å². The molecule has 7 nitrogen and oxygen atoms in total. The molecule has 0 unspecified atom stereocenters. The number of halogens is 1. The molecule has 1 amide bonds. The van der Waals surface area contributed by atoms with Crippen LogP contribution in [-0.2, 0) is 4.79 Å². The van der Waals surface area contributed by atoms with Crippen LogP contribution >= 0.6 is 0 Å². The Bertz CT molecular complexity index is 802. The maximum absolute atomic E-state index is 13.1. The Morgan fingerprint density at radius 1 is 1.35 bits per heavy atom. The molecule has 0 aliphatic carbocycles. The molecule has 1 N–H and O–H groups in total. The van der Waals surface area contributed by atoms with Crippen LogP contribution in [0.3, 0.4) is 0 Å². The first kappa shape index (κ1) is 15.9. The van der Waals surface area contributed by atoms with E-state index in [-0.39, 0.29) is 5.75 Å². The number of carbonyl (C=O) groups is 1. The van der Waals surface area contributed by atoms with E-state index in [1.165, 1.54) is 6.07 Å². The highest BCUT2D eigenvalue weighted by molar-refractivity contribution is 5.92. The monoisotopic (exact) mass is 315 g/mol. The number of nitro groups is 1. The zero-order valence-corrected chi connectivity index (χ0v) is 11.7. The fourth-order valence-electron chi connectivity index (χ4n) is 1.76. The van der Waals surface area contributed by atoms with Crippen LogP contribution in [0.1, 0.15) is 5.56 Å². The van der Waals surface area contributed by atoms with Crippen molar-refractivity contribution in [3.63, 3.8) is 0 Å². The Morgan fingerprint density at radius 2 is 2.13 bits per heavy atom. The van der Waals surface area contributed by atoms with Gasteiger partial charge in [-0.15, -0.1) is 0 Å². The molecule has 2 aromatic carbocycles. The van der Waals surface area contributed by atoms with Gasteiger partial charge in [0, 0.05) is 17.8 Å². The van der Waals surface area contributed by atoms with Crippen LogP contribution in [0.15, 0.2) is 42.5 Å². The van der Waals surface area contributed by atoms with E-state index in [0.29, 0.717) is 11.3 Å². The van der Waals surface area contributed by atoms with Crippen molar-refractivity contribution in [2.45, 2.75) is 0 Å². The van der Waals surface area contributed by atoms with Gasteiger partial charge in [0.25, 0.3) is 5.91 Å². The summed E-state index contributed by atoms with van der Waals surface area (Å²) >= 11 is 0. The van der Waals surface area contributed by atoms with Gasteiger partial charge in [0.2, 0.25) is 5.75 Å². The highest BCUT2D eigenvalue weighted by Crippen LogP contribution is 2.27. The molecule has 116 valence electrons. The maximum atomic E-state index is 13.1. The minimum Gasteiger partial charge on any atom is -0.477 e. The van der Waals surface area contributed by atoms with Gasteiger partial charge in [0.05, 0.1) is 16.6 Å². The summed E-state index contributed by atoms with van der Waals surface area (Å²) < 4.78 is 18.1. The quantitative estimate of drug-likeness (QED) is 0.674. The van der Waals surface area contributed by atoms with Crippen LogP contribution in [0.5, 0.6) is 5.75 Å². The summed E-state index contributed by atoms with van der Waals surface area (Å²) in [6.07, 6.45) is 0. The standard InChI is InChI=1S/C15H10FN3O4/c16-11-4-5-13(19(21)22)14(7-11)23-9-15(20)18-12-3-1-2-10(6-12)8-17/h1-7H,9H2,(H,18,20). The lowest BCUT2D eigenvalue weighted by atomic mass is 10.2. The number of hydrogen-bond donors (Lipinski definition) is 1. The Kier molecular flexibility index (Phi) is 4.84. The van der Waals surface area contributed by atoms with Crippen molar-refractivity contribution in [2.75, 3.05) is 11.9 Å². The Hall–Kier alpha value is -3.47. The van der Waals surface area contributed by atoms with E-state index in [1.54, 1.807) is 18.2 Å². The van der Waals surface area contributed by atoms with Gasteiger partial charge >= 0.3 is 5.69 Å². The molecule has 0 saturated heterocycles. The van der Waals surface area contributed by atoms with Crippen molar-refractivity contribution < 1.29 is 18.8 Å². The van der Waals surface area contributed by atoms with Crippen LogP contribution in [0, 0.1) is 27.3 Å². The van der Waals surface area contributed by atoms with E-state index in [0.717, 1.165) is 18.2 Å². The molecule has 0 atom stereocenters. The summed E-state index contributed by atoms with van der Waals surface area (Å²) in [5.74, 6) is -1.65. The molecule has 2 aromatic rings. The van der Waals surface area contributed by atoms with E-state index in [9.17, 15) is 19.3 Å². The summed E-state index contributed by atoms with van der Waals surface area (Å²) in [7, 11) is 0. The Labute approximate surface area is 130 Å². The number of nitriles is 1. The second-order valence-corrected chi connectivity index (χ2v) is 4.40. The summed E-state index contributed by atoms with van der Waals surface area (Å²) in [6, 6.07) is 10.8. The zero-order valence-electron chi connectivity index (χ0n) is 11.7. The van der Waals surface area contributed by atoms with Crippen LogP contribution in [0.25, 0.3) is 0 Å². The lowest BCUT2D eigenvalue weighted by Gasteiger charge is -2.08. The Balaban J connectivity index is 2.03. The van der Waals surface area contributed by atoms with Gasteiger partial charge in [0.15, 0.2) is 6.61 Å². The lowest BCUT2D eigenvalue weighted by molar-refractivity contribution is -0.385. The van der Waals surface area contributed by atoms with E-state index in [2.05, 4.69) is 5.32 Å². The van der Waals surface area contributed by atoms with Gasteiger partial charge in [-0.3, -0.25) is 14.9 Å². The minimum absolute atomic E-state index is 0.337. The number of nitro benzene ring substituents is 1. The molecule has 0 aromatic heterocycles. The van der Waals surface area contributed by atoms with Gasteiger partial charge in [-0.2, -0.15) is 5.26 Å². The van der Waals surface area contributed by atoms with Crippen molar-refractivity contribution in [3.05, 3.63) is 64.0 Å². The number of benzene rings is 2. The number of ether oxygens (including phenoxy) is 1. The molecule has 0 aliphatic heterocycles. The second-order valence-electron chi connectivity index (χ2n) is 4.40. The normalized spacial score (nSPS) is 9.74. The van der Waals surface area contributed by atoms with Crippen molar-refractivity contribution in [1.29, 1.82) is 5.26 Å². The first-order valence-electron chi connectivity index (χ1n) is 6.36. The lowest BCUT2D eigenvalue weighted by Crippen LogP contribution is -2.20. The topological polar surface area (TPSA) is 105 Å². The fraction of sp³-hybridized carbons (Fsp3) is 0.0667. The molecule has 2 rings (SSSR count). The molecular weight excluding hydrogens is 305 g/mol. The van der Waals surface area contributed by atoms with Crippen LogP contribution in [0.2, 0.25) is 0 Å². The van der Waals surface area contributed by atoms with Crippen LogP contribution in [0.4, 0.5) is 15.8 Å². The number of nitrogens with zero attached hydrogens (tertiary/aromatic N) is 2. The highest BCUT2D eigenvalue weighted by Gasteiger charge is 2.17. The van der Waals surface area contributed by atoms with E-state index in [1.807, 2.05) is 6.07 Å². The van der Waals surface area contributed by atoms with Gasteiger partial charge in [-0.25, -0.2) is 4.39 Å². The summed E-state index contributed by atoms with van der Waals surface area (Å²) in [4.78, 5) is 21.8. The predicted molar refractivity (Wildman–Crippen MR) is 78.3 cm³/mol. The van der Waals surface area contributed by atoms with Gasteiger partial charge in [-0.05, 0) is 24.3 Å². The van der Waals surface area contributed by atoms with Crippen molar-refractivity contribution in [2.24, 2.45) is 0 Å². The smallest absolute Gasteiger partial charge is 0.311 e. The third kappa shape index (κ3) is 4.25. The average molecular weight is 315 g/mol. The largest absolute Gasteiger partial charge is 0.477 e. The number of amides is 1. The molecule has 8 heteroatoms. The van der Waals surface area contributed by atoms with Crippen molar-refractivity contribution >= 4 is 17.3 Å². The van der Waals surface area contributed by atoms with Crippen LogP contribution in [-0.4, -0.2) is 17.4 Å². The van der Waals surface area contributed by atoms with E-state index < -0.39 is 28.9 Å². The third-order valence-corrected chi connectivity index (χ3v) is 2.75. The highest BCUT2D eigenvalue weighted by atomic mass is 19.1. The number of rotatable bonds is 5. The summed E-state index contributed by atoms with van der Waals surface area (Å²) in [5, 5.41) is 22.1. The summed E-state index contributed by atoms with van der Waals surface area (Å²) in [5.41, 5.74) is 0.307. The van der Waals surface area contributed by atoms with E-state index in [4.69, 9.17) is 10.00 Å². The van der Waals surface area contributed by atoms with Crippen molar-refractivity contribution in [1.82, 2.24) is 0 Å². The number of hydrogen-bond acceptors (Lipinski definition) is 5. The van der Waals surface area contributed by atoms with Gasteiger partial charge in [0.1, 0.15) is 5.82 Å². The third-order valence-electron chi connectivity index (χ3n) is 2.75. The summed E-state index contributed by atoms with van der Waals surface area (Å²) in [6.45, 7) is -0.541.